The van der Waals surface area contributed by atoms with Crippen molar-refractivity contribution in [3.8, 4) is 47.3 Å². The van der Waals surface area contributed by atoms with E-state index in [1.807, 2.05) is 12.1 Å². The third kappa shape index (κ3) is 3.28. The molecule has 0 saturated carbocycles. The maximum Gasteiger partial charge on any atom is 0.311 e. The number of phenols is 2. The number of nitro groups is 2. The SMILES string of the molecule is C#Cc1ccc2c(c1)C(c1ccc(O)c([N+](=O)[O-])c1)(c1ccc(O)c([N+](=O)[O-])c1)c1cc(C#C)ccc1-2. The van der Waals surface area contributed by atoms with Crippen molar-refractivity contribution in [2.75, 3.05) is 0 Å². The number of rotatable bonds is 4. The van der Waals surface area contributed by atoms with Crippen LogP contribution in [0.1, 0.15) is 33.4 Å². The van der Waals surface area contributed by atoms with Crippen molar-refractivity contribution in [3.05, 3.63) is 126 Å². The number of nitro benzene ring substituents is 2. The van der Waals surface area contributed by atoms with Gasteiger partial charge in [0.15, 0.2) is 11.5 Å². The van der Waals surface area contributed by atoms with E-state index >= 15 is 0 Å². The molecule has 0 spiro atoms. The van der Waals surface area contributed by atoms with Crippen molar-refractivity contribution in [3.63, 3.8) is 0 Å². The highest BCUT2D eigenvalue weighted by Gasteiger charge is 2.48. The Morgan fingerprint density at radius 3 is 1.41 bits per heavy atom. The van der Waals surface area contributed by atoms with Crippen LogP contribution in [0, 0.1) is 44.9 Å². The molecular formula is C29H16N2O6. The van der Waals surface area contributed by atoms with Crippen LogP contribution in [-0.4, -0.2) is 20.1 Å². The summed E-state index contributed by atoms with van der Waals surface area (Å²) in [6.07, 6.45) is 11.4. The van der Waals surface area contributed by atoms with Gasteiger partial charge in [0.2, 0.25) is 0 Å². The van der Waals surface area contributed by atoms with Crippen LogP contribution in [0.2, 0.25) is 0 Å². The zero-order valence-electron chi connectivity index (χ0n) is 19.0. The summed E-state index contributed by atoms with van der Waals surface area (Å²) in [6, 6.07) is 18.6. The van der Waals surface area contributed by atoms with Gasteiger partial charge >= 0.3 is 11.4 Å². The van der Waals surface area contributed by atoms with Crippen LogP contribution in [-0.2, 0) is 5.41 Å². The van der Waals surface area contributed by atoms with Crippen LogP contribution >= 0.6 is 0 Å². The van der Waals surface area contributed by atoms with Crippen LogP contribution in [0.5, 0.6) is 11.5 Å². The lowest BCUT2D eigenvalue weighted by atomic mass is 9.67. The van der Waals surface area contributed by atoms with Crippen LogP contribution in [0.3, 0.4) is 0 Å². The van der Waals surface area contributed by atoms with Gasteiger partial charge in [0.25, 0.3) is 0 Å². The van der Waals surface area contributed by atoms with E-state index in [9.17, 15) is 30.4 Å². The Balaban J connectivity index is 2.03. The Bertz CT molecular complexity index is 1610. The normalized spacial score (nSPS) is 12.6. The molecule has 5 rings (SSSR count). The molecule has 0 heterocycles. The first-order chi connectivity index (χ1) is 17.7. The smallest absolute Gasteiger partial charge is 0.311 e. The third-order valence-corrected chi connectivity index (χ3v) is 6.68. The van der Waals surface area contributed by atoms with Crippen molar-refractivity contribution in [1.82, 2.24) is 0 Å². The standard InChI is InChI=1S/C29H16N2O6/c1-3-17-5-9-21-22-10-6-18(4-2)14-24(22)29(23(21)13-17,19-7-11-27(32)25(15-19)30(34)35)20-8-12-28(33)26(16-20)31(36)37/h1-2,5-16,32-33H. The number of hydrogen-bond donors (Lipinski definition) is 2. The Morgan fingerprint density at radius 1 is 0.649 bits per heavy atom. The molecule has 0 bridgehead atoms. The van der Waals surface area contributed by atoms with Crippen molar-refractivity contribution in [1.29, 1.82) is 0 Å². The van der Waals surface area contributed by atoms with Crippen molar-refractivity contribution < 1.29 is 20.1 Å². The first kappa shape index (κ1) is 23.2. The zero-order valence-corrected chi connectivity index (χ0v) is 19.0. The molecule has 1 aliphatic carbocycles. The molecule has 0 aliphatic heterocycles. The van der Waals surface area contributed by atoms with Gasteiger partial charge in [0, 0.05) is 23.3 Å². The van der Waals surface area contributed by atoms with Crippen molar-refractivity contribution >= 4 is 11.4 Å². The van der Waals surface area contributed by atoms with Crippen molar-refractivity contribution in [2.24, 2.45) is 0 Å². The maximum absolute atomic E-state index is 11.8. The second-order valence-corrected chi connectivity index (χ2v) is 8.48. The fraction of sp³-hybridized carbons (Fsp3) is 0.0345. The minimum absolute atomic E-state index is 0.348. The number of benzene rings is 4. The second kappa shape index (κ2) is 8.26. The van der Waals surface area contributed by atoms with Gasteiger partial charge in [-0.2, -0.15) is 0 Å². The van der Waals surface area contributed by atoms with E-state index < -0.39 is 38.1 Å². The lowest BCUT2D eigenvalue weighted by Crippen LogP contribution is -2.29. The molecule has 4 aromatic rings. The predicted octanol–water partition coefficient (Wildman–Crippen LogP) is 5.24. The number of fused-ring (bicyclic) bond motifs is 3. The molecule has 8 heteroatoms. The van der Waals surface area contributed by atoms with E-state index in [1.165, 1.54) is 36.4 Å². The van der Waals surface area contributed by atoms with Gasteiger partial charge in [-0.05, 0) is 69.8 Å². The van der Waals surface area contributed by atoms with Gasteiger partial charge in [-0.3, -0.25) is 20.2 Å². The number of aromatic hydroxyl groups is 2. The van der Waals surface area contributed by atoms with E-state index in [4.69, 9.17) is 12.8 Å². The molecule has 0 unspecified atom stereocenters. The molecule has 0 radical (unpaired) electrons. The average molecular weight is 488 g/mol. The lowest BCUT2D eigenvalue weighted by Gasteiger charge is -2.33. The first-order valence-electron chi connectivity index (χ1n) is 10.9. The first-order valence-corrected chi connectivity index (χ1v) is 10.9. The van der Waals surface area contributed by atoms with Crippen molar-refractivity contribution in [2.45, 2.75) is 5.41 Å². The van der Waals surface area contributed by atoms with Crippen LogP contribution < -0.4 is 0 Å². The number of terminal acetylenes is 2. The highest BCUT2D eigenvalue weighted by Crippen LogP contribution is 2.57. The molecule has 0 atom stereocenters. The van der Waals surface area contributed by atoms with E-state index in [-0.39, 0.29) is 0 Å². The average Bonchev–Trinajstić information content (AvgIpc) is 3.18. The van der Waals surface area contributed by atoms with E-state index in [1.54, 1.807) is 24.3 Å². The lowest BCUT2D eigenvalue weighted by molar-refractivity contribution is -0.386. The van der Waals surface area contributed by atoms with E-state index in [2.05, 4.69) is 11.8 Å². The molecular weight excluding hydrogens is 472 g/mol. The summed E-state index contributed by atoms with van der Waals surface area (Å²) >= 11 is 0. The van der Waals surface area contributed by atoms with Crippen LogP contribution in [0.15, 0.2) is 72.8 Å². The summed E-state index contributed by atoms with van der Waals surface area (Å²) in [7, 11) is 0. The third-order valence-electron chi connectivity index (χ3n) is 6.68. The Labute approximate surface area is 210 Å². The summed E-state index contributed by atoms with van der Waals surface area (Å²) in [4.78, 5) is 22.1. The molecule has 8 nitrogen and oxygen atoms in total. The largest absolute Gasteiger partial charge is 0.502 e. The summed E-state index contributed by atoms with van der Waals surface area (Å²) < 4.78 is 0. The molecule has 0 saturated heterocycles. The maximum atomic E-state index is 11.8. The number of phenolic OH excluding ortho intramolecular Hbond substituents is 2. The number of hydrogen-bond acceptors (Lipinski definition) is 6. The molecule has 0 amide bonds. The van der Waals surface area contributed by atoms with E-state index in [0.29, 0.717) is 33.4 Å². The topological polar surface area (TPSA) is 127 Å². The highest BCUT2D eigenvalue weighted by atomic mass is 16.6. The van der Waals surface area contributed by atoms with Gasteiger partial charge in [-0.15, -0.1) is 12.8 Å². The fourth-order valence-corrected chi connectivity index (χ4v) is 5.10. The number of nitrogens with zero attached hydrogens (tertiary/aromatic N) is 2. The Kier molecular flexibility index (Phi) is 5.17. The summed E-state index contributed by atoms with van der Waals surface area (Å²) in [6.45, 7) is 0. The second-order valence-electron chi connectivity index (χ2n) is 8.48. The minimum Gasteiger partial charge on any atom is -0.502 e. The van der Waals surface area contributed by atoms with Gasteiger partial charge in [-0.25, -0.2) is 0 Å². The molecule has 2 N–H and O–H groups in total. The van der Waals surface area contributed by atoms with Crippen LogP contribution in [0.25, 0.3) is 11.1 Å². The van der Waals surface area contributed by atoms with Gasteiger partial charge in [0.05, 0.1) is 15.3 Å². The Hall–Kier alpha value is -5.60. The van der Waals surface area contributed by atoms with Gasteiger partial charge in [0.1, 0.15) is 0 Å². The fourth-order valence-electron chi connectivity index (χ4n) is 5.10. The molecule has 0 aromatic heterocycles. The van der Waals surface area contributed by atoms with E-state index in [0.717, 1.165) is 11.1 Å². The highest BCUT2D eigenvalue weighted by molar-refractivity contribution is 5.88. The molecule has 0 fully saturated rings. The summed E-state index contributed by atoms with van der Waals surface area (Å²) in [5.74, 6) is 4.12. The minimum atomic E-state index is -1.36. The van der Waals surface area contributed by atoms with Gasteiger partial charge in [-0.1, -0.05) is 36.1 Å². The quantitative estimate of drug-likeness (QED) is 0.202. The molecule has 4 aromatic carbocycles. The van der Waals surface area contributed by atoms with Crippen LogP contribution in [0.4, 0.5) is 11.4 Å². The molecule has 37 heavy (non-hydrogen) atoms. The summed E-state index contributed by atoms with van der Waals surface area (Å²) in [5, 5.41) is 43.9. The monoisotopic (exact) mass is 488 g/mol. The molecule has 178 valence electrons. The zero-order chi connectivity index (χ0) is 26.5. The predicted molar refractivity (Wildman–Crippen MR) is 136 cm³/mol. The molecule has 1 aliphatic rings. The Morgan fingerprint density at radius 2 is 1.05 bits per heavy atom. The van der Waals surface area contributed by atoms with Gasteiger partial charge < -0.3 is 10.2 Å². The summed E-state index contributed by atoms with van der Waals surface area (Å²) in [5.41, 5.74) is 2.04.